The van der Waals surface area contributed by atoms with Crippen LogP contribution in [-0.4, -0.2) is 31.0 Å². The third-order valence-corrected chi connectivity index (χ3v) is 4.73. The van der Waals surface area contributed by atoms with Crippen molar-refractivity contribution in [2.24, 2.45) is 11.8 Å². The molecule has 1 amide bonds. The van der Waals surface area contributed by atoms with Crippen molar-refractivity contribution in [1.29, 1.82) is 5.26 Å². The number of nitrogens with zero attached hydrogens (tertiary/aromatic N) is 2. The van der Waals surface area contributed by atoms with Gasteiger partial charge in [-0.1, -0.05) is 26.0 Å². The van der Waals surface area contributed by atoms with E-state index >= 15 is 0 Å². The van der Waals surface area contributed by atoms with Crippen LogP contribution in [0.15, 0.2) is 18.2 Å². The molecule has 0 radical (unpaired) electrons. The minimum absolute atomic E-state index is 0.0386. The number of benzene rings is 1. The lowest BCUT2D eigenvalue weighted by Crippen LogP contribution is -2.41. The molecular formula is C19H26N2O2. The second kappa shape index (κ2) is 8.01. The summed E-state index contributed by atoms with van der Waals surface area (Å²) >= 11 is 0. The first-order valence-electron chi connectivity index (χ1n) is 8.43. The zero-order valence-electron chi connectivity index (χ0n) is 14.3. The van der Waals surface area contributed by atoms with E-state index in [1.54, 1.807) is 7.11 Å². The van der Waals surface area contributed by atoms with Crippen LogP contribution in [0.3, 0.4) is 0 Å². The van der Waals surface area contributed by atoms with E-state index in [0.29, 0.717) is 12.3 Å². The number of ether oxygens (including phenoxy) is 1. The van der Waals surface area contributed by atoms with Crippen LogP contribution in [0.1, 0.15) is 37.8 Å². The molecule has 1 unspecified atom stereocenters. The van der Waals surface area contributed by atoms with Gasteiger partial charge in [-0.3, -0.25) is 4.79 Å². The van der Waals surface area contributed by atoms with Crippen LogP contribution in [0.5, 0.6) is 5.75 Å². The van der Waals surface area contributed by atoms with Gasteiger partial charge in [-0.2, -0.15) is 5.26 Å². The smallest absolute Gasteiger partial charge is 0.240 e. The van der Waals surface area contributed by atoms with Gasteiger partial charge in [-0.25, -0.2) is 0 Å². The highest BCUT2D eigenvalue weighted by atomic mass is 16.5. The number of aryl methyl sites for hydroxylation is 1. The molecule has 1 atom stereocenters. The number of nitriles is 1. The van der Waals surface area contributed by atoms with Crippen LogP contribution < -0.4 is 4.74 Å². The van der Waals surface area contributed by atoms with Gasteiger partial charge in [-0.15, -0.1) is 0 Å². The summed E-state index contributed by atoms with van der Waals surface area (Å²) in [6.45, 7) is 5.84. The Bertz CT molecular complexity index is 584. The fraction of sp³-hybridized carbons (Fsp3) is 0.579. The second-order valence-corrected chi connectivity index (χ2v) is 6.39. The monoisotopic (exact) mass is 314 g/mol. The molecule has 0 bridgehead atoms. The molecule has 124 valence electrons. The van der Waals surface area contributed by atoms with Crippen LogP contribution in [-0.2, 0) is 17.6 Å². The first-order valence-corrected chi connectivity index (χ1v) is 8.43. The van der Waals surface area contributed by atoms with Crippen molar-refractivity contribution in [2.75, 3.05) is 20.2 Å². The number of piperidine rings is 1. The number of carbonyl (C=O) groups is 1. The van der Waals surface area contributed by atoms with E-state index in [-0.39, 0.29) is 5.91 Å². The molecule has 23 heavy (non-hydrogen) atoms. The Morgan fingerprint density at radius 2 is 2.13 bits per heavy atom. The van der Waals surface area contributed by atoms with Gasteiger partial charge in [0, 0.05) is 19.5 Å². The number of carbonyl (C=O) groups excluding carboxylic acids is 1. The number of hydrogen-bond acceptors (Lipinski definition) is 3. The Hall–Kier alpha value is -2.02. The molecule has 1 aliphatic heterocycles. The van der Waals surface area contributed by atoms with Crippen LogP contribution in [0.4, 0.5) is 0 Å². The fourth-order valence-electron chi connectivity index (χ4n) is 3.07. The minimum atomic E-state index is -0.635. The van der Waals surface area contributed by atoms with E-state index in [1.165, 1.54) is 5.56 Å². The van der Waals surface area contributed by atoms with Crippen molar-refractivity contribution in [3.63, 3.8) is 0 Å². The van der Waals surface area contributed by atoms with E-state index in [4.69, 9.17) is 4.74 Å². The molecule has 1 fully saturated rings. The SMILES string of the molecule is CCc1ccc(OC)c(CC(C#N)C(=O)N2CCC(C)CC2)c1. The summed E-state index contributed by atoms with van der Waals surface area (Å²) in [5.41, 5.74) is 2.13. The van der Waals surface area contributed by atoms with Gasteiger partial charge in [-0.05, 0) is 42.4 Å². The van der Waals surface area contributed by atoms with E-state index in [9.17, 15) is 10.1 Å². The van der Waals surface area contributed by atoms with Gasteiger partial charge >= 0.3 is 0 Å². The maximum absolute atomic E-state index is 12.7. The molecular weight excluding hydrogens is 288 g/mol. The number of rotatable bonds is 5. The van der Waals surface area contributed by atoms with Crippen LogP contribution in [0.25, 0.3) is 0 Å². The summed E-state index contributed by atoms with van der Waals surface area (Å²) in [6.07, 6.45) is 3.39. The second-order valence-electron chi connectivity index (χ2n) is 6.39. The summed E-state index contributed by atoms with van der Waals surface area (Å²) in [5, 5.41) is 9.49. The van der Waals surface area contributed by atoms with Crippen molar-refractivity contribution in [3.8, 4) is 11.8 Å². The first-order chi connectivity index (χ1) is 11.1. The van der Waals surface area contributed by atoms with E-state index in [1.807, 2.05) is 17.0 Å². The molecule has 1 heterocycles. The number of amides is 1. The normalized spacial score (nSPS) is 16.7. The van der Waals surface area contributed by atoms with Gasteiger partial charge < -0.3 is 9.64 Å². The summed E-state index contributed by atoms with van der Waals surface area (Å²) in [5.74, 6) is 0.746. The van der Waals surface area contributed by atoms with Gasteiger partial charge in [0.05, 0.1) is 13.2 Å². The number of hydrogen-bond donors (Lipinski definition) is 0. The van der Waals surface area contributed by atoms with Gasteiger partial charge in [0.1, 0.15) is 11.7 Å². The average Bonchev–Trinajstić information content (AvgIpc) is 2.59. The van der Waals surface area contributed by atoms with Crippen molar-refractivity contribution in [3.05, 3.63) is 29.3 Å². The van der Waals surface area contributed by atoms with Gasteiger partial charge in [0.15, 0.2) is 0 Å². The van der Waals surface area contributed by atoms with Crippen molar-refractivity contribution >= 4 is 5.91 Å². The molecule has 0 spiro atoms. The van der Waals surface area contributed by atoms with E-state index < -0.39 is 5.92 Å². The Morgan fingerprint density at radius 1 is 1.43 bits per heavy atom. The number of likely N-dealkylation sites (tertiary alicyclic amines) is 1. The van der Waals surface area contributed by atoms with Crippen molar-refractivity contribution in [2.45, 2.75) is 39.5 Å². The molecule has 1 aromatic rings. The number of methoxy groups -OCH3 is 1. The molecule has 0 N–H and O–H groups in total. The summed E-state index contributed by atoms with van der Waals surface area (Å²) in [7, 11) is 1.62. The topological polar surface area (TPSA) is 53.3 Å². The Kier molecular flexibility index (Phi) is 6.04. The molecule has 4 heteroatoms. The molecule has 0 aliphatic carbocycles. The fourth-order valence-corrected chi connectivity index (χ4v) is 3.07. The largest absolute Gasteiger partial charge is 0.496 e. The molecule has 0 saturated carbocycles. The lowest BCUT2D eigenvalue weighted by molar-refractivity contribution is -0.135. The van der Waals surface area contributed by atoms with Crippen molar-refractivity contribution in [1.82, 2.24) is 4.90 Å². The molecule has 1 saturated heterocycles. The Balaban J connectivity index is 2.13. The minimum Gasteiger partial charge on any atom is -0.496 e. The van der Waals surface area contributed by atoms with Gasteiger partial charge in [0.2, 0.25) is 5.91 Å². The quantitative estimate of drug-likeness (QED) is 0.838. The summed E-state index contributed by atoms with van der Waals surface area (Å²) < 4.78 is 5.40. The zero-order chi connectivity index (χ0) is 16.8. The van der Waals surface area contributed by atoms with E-state index in [0.717, 1.165) is 43.7 Å². The Labute approximate surface area is 139 Å². The third kappa shape index (κ3) is 4.25. The highest BCUT2D eigenvalue weighted by molar-refractivity contribution is 5.81. The van der Waals surface area contributed by atoms with Crippen LogP contribution in [0.2, 0.25) is 0 Å². The summed E-state index contributed by atoms with van der Waals surface area (Å²) in [4.78, 5) is 14.5. The maximum Gasteiger partial charge on any atom is 0.240 e. The van der Waals surface area contributed by atoms with Crippen molar-refractivity contribution < 1.29 is 9.53 Å². The van der Waals surface area contributed by atoms with Gasteiger partial charge in [0.25, 0.3) is 0 Å². The standard InChI is InChI=1S/C19H26N2O2/c1-4-15-5-6-18(23-3)16(11-15)12-17(13-20)19(22)21-9-7-14(2)8-10-21/h5-6,11,14,17H,4,7-10,12H2,1-3H3. The predicted octanol–water partition coefficient (Wildman–Crippen LogP) is 3.20. The third-order valence-electron chi connectivity index (χ3n) is 4.73. The zero-order valence-corrected chi connectivity index (χ0v) is 14.3. The highest BCUT2D eigenvalue weighted by Crippen LogP contribution is 2.25. The first kappa shape index (κ1) is 17.3. The predicted molar refractivity (Wildman–Crippen MR) is 90.2 cm³/mol. The molecule has 1 aliphatic rings. The average molecular weight is 314 g/mol. The lowest BCUT2D eigenvalue weighted by Gasteiger charge is -2.31. The van der Waals surface area contributed by atoms with E-state index in [2.05, 4.69) is 26.0 Å². The van der Waals surface area contributed by atoms with Crippen LogP contribution in [0, 0.1) is 23.2 Å². The molecule has 4 nitrogen and oxygen atoms in total. The lowest BCUT2D eigenvalue weighted by atomic mass is 9.94. The molecule has 0 aromatic heterocycles. The highest BCUT2D eigenvalue weighted by Gasteiger charge is 2.28. The molecule has 1 aromatic carbocycles. The maximum atomic E-state index is 12.7. The summed E-state index contributed by atoms with van der Waals surface area (Å²) in [6, 6.07) is 8.20. The Morgan fingerprint density at radius 3 is 2.70 bits per heavy atom. The van der Waals surface area contributed by atoms with Crippen LogP contribution >= 0.6 is 0 Å². The molecule has 2 rings (SSSR count).